The fourth-order valence-corrected chi connectivity index (χ4v) is 6.70. The zero-order chi connectivity index (χ0) is 26.6. The first-order chi connectivity index (χ1) is 18.4. The van der Waals surface area contributed by atoms with E-state index in [-0.39, 0.29) is 36.4 Å². The van der Waals surface area contributed by atoms with Gasteiger partial charge in [0.15, 0.2) is 5.16 Å². The third kappa shape index (κ3) is 6.02. The fraction of sp³-hybridized carbons (Fsp3) is 0.115. The molecular weight excluding hydrogens is 580 g/mol. The van der Waals surface area contributed by atoms with Crippen molar-refractivity contribution in [3.05, 3.63) is 80.8 Å². The second kappa shape index (κ2) is 11.8. The van der Waals surface area contributed by atoms with Gasteiger partial charge in [-0.15, -0.1) is 11.3 Å². The molecule has 192 valence electrons. The Morgan fingerprint density at radius 3 is 2.66 bits per heavy atom. The minimum Gasteiger partial charge on any atom is -0.325 e. The molecule has 38 heavy (non-hydrogen) atoms. The molecule has 1 saturated heterocycles. The van der Waals surface area contributed by atoms with Crippen LogP contribution in [0.4, 0.5) is 5.69 Å². The Labute approximate surface area is 241 Å². The molecule has 2 aromatic carbocycles. The zero-order valence-corrected chi connectivity index (χ0v) is 23.6. The van der Waals surface area contributed by atoms with Gasteiger partial charge in [-0.25, -0.2) is 4.98 Å². The second-order valence-electron chi connectivity index (χ2n) is 8.05. The van der Waals surface area contributed by atoms with Crippen LogP contribution < -0.4 is 5.32 Å². The lowest BCUT2D eigenvalue weighted by molar-refractivity contribution is -0.122. The van der Waals surface area contributed by atoms with Gasteiger partial charge in [-0.2, -0.15) is 0 Å². The Hall–Kier alpha value is -2.96. The molecule has 3 heterocycles. The lowest BCUT2D eigenvalue weighted by Crippen LogP contribution is -2.31. The summed E-state index contributed by atoms with van der Waals surface area (Å²) in [5, 5.41) is 5.74. The summed E-state index contributed by atoms with van der Waals surface area (Å²) in [5.41, 5.74) is 1.91. The number of thiophene rings is 1. The average Bonchev–Trinajstić information content (AvgIpc) is 3.61. The summed E-state index contributed by atoms with van der Waals surface area (Å²) >= 11 is 15.3. The first kappa shape index (κ1) is 26.6. The van der Waals surface area contributed by atoms with E-state index in [1.165, 1.54) is 44.3 Å². The largest absolute Gasteiger partial charge is 0.325 e. The molecule has 1 N–H and O–H groups in total. The highest BCUT2D eigenvalue weighted by atomic mass is 35.5. The summed E-state index contributed by atoms with van der Waals surface area (Å²) in [7, 11) is 0. The van der Waals surface area contributed by atoms with Crippen molar-refractivity contribution in [2.24, 2.45) is 0 Å². The van der Waals surface area contributed by atoms with Crippen molar-refractivity contribution in [2.45, 2.75) is 11.6 Å². The maximum atomic E-state index is 13.4. The Bertz CT molecular complexity index is 1570. The number of thiocarbonyl (C=S) groups is 1. The van der Waals surface area contributed by atoms with Crippen molar-refractivity contribution in [1.29, 1.82) is 0 Å². The molecule has 2 amide bonds. The molecule has 1 aliphatic rings. The second-order valence-corrected chi connectivity index (χ2v) is 12.1. The molecule has 0 radical (unpaired) electrons. The number of hydrogen-bond donors (Lipinski definition) is 1. The van der Waals surface area contributed by atoms with E-state index in [1.54, 1.807) is 30.3 Å². The van der Waals surface area contributed by atoms with Gasteiger partial charge in [0.25, 0.3) is 5.91 Å². The van der Waals surface area contributed by atoms with Gasteiger partial charge in [-0.05, 0) is 53.9 Å². The average molecular weight is 599 g/mol. The van der Waals surface area contributed by atoms with Gasteiger partial charge >= 0.3 is 0 Å². The van der Waals surface area contributed by atoms with Crippen LogP contribution in [0.15, 0.2) is 76.1 Å². The number of carbonyl (C=O) groups excluding carboxylic acids is 3. The van der Waals surface area contributed by atoms with Gasteiger partial charge in [-0.1, -0.05) is 65.5 Å². The van der Waals surface area contributed by atoms with E-state index in [4.69, 9.17) is 23.8 Å². The third-order valence-corrected chi connectivity index (χ3v) is 8.87. The van der Waals surface area contributed by atoms with Crippen LogP contribution >= 0.6 is 58.7 Å². The Balaban J connectivity index is 1.28. The molecule has 1 fully saturated rings. The van der Waals surface area contributed by atoms with Crippen LogP contribution in [0.3, 0.4) is 0 Å². The highest BCUT2D eigenvalue weighted by Crippen LogP contribution is 2.33. The van der Waals surface area contributed by atoms with Gasteiger partial charge in [0.2, 0.25) is 11.8 Å². The van der Waals surface area contributed by atoms with Crippen LogP contribution in [-0.4, -0.2) is 48.8 Å². The quantitative estimate of drug-likeness (QED) is 0.142. The predicted octanol–water partition coefficient (Wildman–Crippen LogP) is 6.41. The third-order valence-electron chi connectivity index (χ3n) is 5.48. The van der Waals surface area contributed by atoms with Crippen LogP contribution in [0.1, 0.15) is 16.1 Å². The number of amides is 2. The molecule has 0 unspecified atom stereocenters. The minimum absolute atomic E-state index is 0.0452. The number of rotatable bonds is 8. The summed E-state index contributed by atoms with van der Waals surface area (Å²) < 4.78 is 1.93. The highest BCUT2D eigenvalue weighted by Gasteiger charge is 2.32. The number of halogens is 1. The monoisotopic (exact) mass is 598 g/mol. The summed E-state index contributed by atoms with van der Waals surface area (Å²) in [4.78, 5) is 46.4. The number of hydrogen-bond acceptors (Lipinski definition) is 8. The van der Waals surface area contributed by atoms with Gasteiger partial charge in [-0.3, -0.25) is 23.9 Å². The molecule has 0 spiro atoms. The normalized spacial score (nSPS) is 14.6. The number of carbonyl (C=O) groups is 3. The highest BCUT2D eigenvalue weighted by molar-refractivity contribution is 8.26. The Kier molecular flexibility index (Phi) is 8.29. The Morgan fingerprint density at radius 1 is 1.11 bits per heavy atom. The number of nitrogens with one attached hydrogen (secondary N) is 1. The summed E-state index contributed by atoms with van der Waals surface area (Å²) in [6.07, 6.45) is 1.86. The Morgan fingerprint density at radius 2 is 1.89 bits per heavy atom. The summed E-state index contributed by atoms with van der Waals surface area (Å²) in [5.74, 6) is -0.624. The van der Waals surface area contributed by atoms with E-state index in [0.717, 1.165) is 4.88 Å². The molecule has 0 atom stereocenters. The van der Waals surface area contributed by atoms with Crippen molar-refractivity contribution >= 4 is 104 Å². The zero-order valence-electron chi connectivity index (χ0n) is 19.6. The number of benzene rings is 2. The number of fused-ring (bicyclic) bond motifs is 1. The molecule has 2 aromatic heterocycles. The predicted molar refractivity (Wildman–Crippen MR) is 160 cm³/mol. The molecule has 0 saturated carbocycles. The molecule has 12 heteroatoms. The maximum absolute atomic E-state index is 13.4. The fourth-order valence-electron chi connectivity index (χ4n) is 3.72. The van der Waals surface area contributed by atoms with Crippen molar-refractivity contribution in [3.8, 4) is 0 Å². The maximum Gasteiger partial charge on any atom is 0.266 e. The molecule has 1 aliphatic heterocycles. The smallest absolute Gasteiger partial charge is 0.266 e. The van der Waals surface area contributed by atoms with Gasteiger partial charge in [0.05, 0.1) is 21.7 Å². The van der Waals surface area contributed by atoms with Crippen LogP contribution in [0.25, 0.3) is 17.1 Å². The number of para-hydroxylation sites is 2. The van der Waals surface area contributed by atoms with Crippen molar-refractivity contribution in [1.82, 2.24) is 14.5 Å². The summed E-state index contributed by atoms with van der Waals surface area (Å²) in [6.45, 7) is 0.152. The summed E-state index contributed by atoms with van der Waals surface area (Å²) in [6, 6.07) is 18.0. The van der Waals surface area contributed by atoms with E-state index in [1.807, 2.05) is 41.8 Å². The topological polar surface area (TPSA) is 84.3 Å². The van der Waals surface area contributed by atoms with E-state index in [2.05, 4.69) is 10.3 Å². The molecule has 7 nitrogen and oxygen atoms in total. The van der Waals surface area contributed by atoms with Crippen LogP contribution in [-0.2, 0) is 9.59 Å². The van der Waals surface area contributed by atoms with Gasteiger partial charge in [0.1, 0.15) is 4.32 Å². The number of anilines is 1. The number of thioether (sulfide) groups is 2. The first-order valence-corrected chi connectivity index (χ1v) is 14.8. The van der Waals surface area contributed by atoms with E-state index in [0.29, 0.717) is 36.1 Å². The lowest BCUT2D eigenvalue weighted by atomic mass is 10.3. The van der Waals surface area contributed by atoms with Crippen molar-refractivity contribution in [3.63, 3.8) is 0 Å². The molecule has 0 bridgehead atoms. The molecule has 0 aliphatic carbocycles. The molecule has 4 aromatic rings. The van der Waals surface area contributed by atoms with Crippen molar-refractivity contribution in [2.75, 3.05) is 17.6 Å². The SMILES string of the molecule is O=C(CSc1nc2ccccc2n1C(=O)CCN1C(=O)/C(=C/c2cccs2)SC1=S)Nc1ccc(Cl)cc1. The van der Waals surface area contributed by atoms with E-state index < -0.39 is 0 Å². The number of imidazole rings is 1. The van der Waals surface area contributed by atoms with E-state index >= 15 is 0 Å². The first-order valence-electron chi connectivity index (χ1n) is 11.4. The van der Waals surface area contributed by atoms with Crippen LogP contribution in [0.5, 0.6) is 0 Å². The number of nitrogens with zero attached hydrogens (tertiary/aromatic N) is 3. The molecule has 5 rings (SSSR count). The number of aromatic nitrogens is 2. The minimum atomic E-state index is -0.240. The van der Waals surface area contributed by atoms with Gasteiger partial charge < -0.3 is 5.32 Å². The standard InChI is InChI=1S/C26H19ClN4O3S4/c27-16-7-9-17(10-8-16)28-22(32)15-37-25-29-19-5-1-2-6-20(19)31(25)23(33)11-12-30-24(34)21(38-26(30)35)14-18-4-3-13-36-18/h1-10,13-14H,11-12,15H2,(H,28,32)/b21-14-. The lowest BCUT2D eigenvalue weighted by Gasteiger charge is -2.14. The van der Waals surface area contributed by atoms with Gasteiger partial charge in [0, 0.05) is 28.6 Å². The van der Waals surface area contributed by atoms with Crippen LogP contribution in [0.2, 0.25) is 5.02 Å². The van der Waals surface area contributed by atoms with Crippen LogP contribution in [0, 0.1) is 0 Å². The molecular formula is C26H19ClN4O3S4. The van der Waals surface area contributed by atoms with Crippen molar-refractivity contribution < 1.29 is 14.4 Å². The van der Waals surface area contributed by atoms with E-state index in [9.17, 15) is 14.4 Å².